The minimum absolute atomic E-state index is 0.696. The molecule has 2 nitrogen and oxygen atoms in total. The molecule has 0 aromatic heterocycles. The Kier molecular flexibility index (Phi) is 4.97. The molecule has 0 heterocycles. The summed E-state index contributed by atoms with van der Waals surface area (Å²) in [7, 11) is 0. The number of likely N-dealkylation sites (N-methyl/N-ethyl adjacent to an activating group) is 1. The molecule has 0 saturated heterocycles. The lowest BCUT2D eigenvalue weighted by atomic mass is 9.95. The van der Waals surface area contributed by atoms with Gasteiger partial charge in [0.15, 0.2) is 0 Å². The van der Waals surface area contributed by atoms with E-state index in [4.69, 9.17) is 0 Å². The van der Waals surface area contributed by atoms with Crippen molar-refractivity contribution >= 4 is 0 Å². The summed E-state index contributed by atoms with van der Waals surface area (Å²) in [6.45, 7) is 8.91. The van der Waals surface area contributed by atoms with E-state index in [-0.39, 0.29) is 0 Å². The smallest absolute Gasteiger partial charge is 0.0994 e. The molecule has 0 bridgehead atoms. The van der Waals surface area contributed by atoms with Gasteiger partial charge in [0.1, 0.15) is 0 Å². The van der Waals surface area contributed by atoms with E-state index in [9.17, 15) is 5.11 Å². The predicted octanol–water partition coefficient (Wildman–Crippen LogP) is 2.63. The van der Waals surface area contributed by atoms with Gasteiger partial charge in [-0.3, -0.25) is 0 Å². The van der Waals surface area contributed by atoms with E-state index in [1.165, 1.54) is 0 Å². The molecule has 1 atom stereocenters. The summed E-state index contributed by atoms with van der Waals surface area (Å²) in [5.41, 5.74) is 0.233. The molecule has 1 aromatic carbocycles. The molecule has 0 radical (unpaired) electrons. The molecule has 90 valence electrons. The number of aliphatic hydroxyl groups is 1. The standard InChI is InChI=1S/C14H23NO/c1-4-11-15(5-2)12-14(3,16)13-9-7-6-8-10-13/h6-10,16H,4-5,11-12H2,1-3H3. The Labute approximate surface area is 98.9 Å². The van der Waals surface area contributed by atoms with Gasteiger partial charge in [-0.05, 0) is 32.0 Å². The van der Waals surface area contributed by atoms with Gasteiger partial charge in [-0.2, -0.15) is 0 Å². The van der Waals surface area contributed by atoms with Crippen LogP contribution in [-0.4, -0.2) is 29.6 Å². The van der Waals surface area contributed by atoms with Crippen LogP contribution in [0.3, 0.4) is 0 Å². The zero-order chi connectivity index (χ0) is 12.0. The molecule has 0 aliphatic heterocycles. The number of hydrogen-bond donors (Lipinski definition) is 1. The van der Waals surface area contributed by atoms with E-state index in [0.29, 0.717) is 6.54 Å². The number of nitrogens with zero attached hydrogens (tertiary/aromatic N) is 1. The molecular weight excluding hydrogens is 198 g/mol. The van der Waals surface area contributed by atoms with Crippen LogP contribution in [0, 0.1) is 0 Å². The molecule has 0 spiro atoms. The Morgan fingerprint density at radius 2 is 1.81 bits per heavy atom. The minimum Gasteiger partial charge on any atom is -0.384 e. The topological polar surface area (TPSA) is 23.5 Å². The highest BCUT2D eigenvalue weighted by molar-refractivity contribution is 5.21. The van der Waals surface area contributed by atoms with Gasteiger partial charge >= 0.3 is 0 Å². The highest BCUT2D eigenvalue weighted by atomic mass is 16.3. The highest BCUT2D eigenvalue weighted by Gasteiger charge is 2.24. The summed E-state index contributed by atoms with van der Waals surface area (Å²) in [5.74, 6) is 0. The van der Waals surface area contributed by atoms with Crippen LogP contribution in [-0.2, 0) is 5.60 Å². The first-order valence-electron chi connectivity index (χ1n) is 6.10. The van der Waals surface area contributed by atoms with Gasteiger partial charge in [0, 0.05) is 6.54 Å². The summed E-state index contributed by atoms with van der Waals surface area (Å²) in [4.78, 5) is 2.28. The van der Waals surface area contributed by atoms with Crippen molar-refractivity contribution in [3.63, 3.8) is 0 Å². The number of benzene rings is 1. The molecule has 1 N–H and O–H groups in total. The van der Waals surface area contributed by atoms with Crippen LogP contribution in [0.5, 0.6) is 0 Å². The highest BCUT2D eigenvalue weighted by Crippen LogP contribution is 2.21. The van der Waals surface area contributed by atoms with E-state index < -0.39 is 5.60 Å². The second-order valence-corrected chi connectivity index (χ2v) is 4.51. The molecule has 0 amide bonds. The molecule has 0 fully saturated rings. The van der Waals surface area contributed by atoms with Crippen molar-refractivity contribution in [3.8, 4) is 0 Å². The fourth-order valence-corrected chi connectivity index (χ4v) is 1.99. The number of rotatable bonds is 6. The summed E-state index contributed by atoms with van der Waals surface area (Å²) in [6.07, 6.45) is 1.12. The first-order chi connectivity index (χ1) is 7.60. The summed E-state index contributed by atoms with van der Waals surface area (Å²) in [6, 6.07) is 9.89. The van der Waals surface area contributed by atoms with Crippen LogP contribution < -0.4 is 0 Å². The van der Waals surface area contributed by atoms with Gasteiger partial charge in [0.05, 0.1) is 5.60 Å². The van der Waals surface area contributed by atoms with Crippen molar-refractivity contribution in [3.05, 3.63) is 35.9 Å². The lowest BCUT2D eigenvalue weighted by Gasteiger charge is -2.31. The van der Waals surface area contributed by atoms with Gasteiger partial charge in [-0.15, -0.1) is 0 Å². The third kappa shape index (κ3) is 3.62. The zero-order valence-corrected chi connectivity index (χ0v) is 10.6. The Balaban J connectivity index is 2.70. The molecule has 2 heteroatoms. The van der Waals surface area contributed by atoms with Crippen LogP contribution in [0.4, 0.5) is 0 Å². The van der Waals surface area contributed by atoms with Gasteiger partial charge in [0.25, 0.3) is 0 Å². The van der Waals surface area contributed by atoms with Crippen LogP contribution in [0.25, 0.3) is 0 Å². The van der Waals surface area contributed by atoms with Crippen LogP contribution in [0.1, 0.15) is 32.8 Å². The third-order valence-electron chi connectivity index (χ3n) is 2.91. The van der Waals surface area contributed by atoms with Crippen LogP contribution >= 0.6 is 0 Å². The van der Waals surface area contributed by atoms with Crippen molar-refractivity contribution in [1.29, 1.82) is 0 Å². The molecule has 0 aliphatic carbocycles. The van der Waals surface area contributed by atoms with Crippen molar-refractivity contribution in [2.45, 2.75) is 32.8 Å². The Hall–Kier alpha value is -0.860. The normalized spacial score (nSPS) is 15.1. The summed E-state index contributed by atoms with van der Waals surface area (Å²) in [5, 5.41) is 10.5. The molecule has 16 heavy (non-hydrogen) atoms. The van der Waals surface area contributed by atoms with Crippen molar-refractivity contribution in [1.82, 2.24) is 4.90 Å². The zero-order valence-electron chi connectivity index (χ0n) is 10.6. The van der Waals surface area contributed by atoms with E-state index in [0.717, 1.165) is 25.1 Å². The van der Waals surface area contributed by atoms with Crippen molar-refractivity contribution in [2.24, 2.45) is 0 Å². The predicted molar refractivity (Wildman–Crippen MR) is 68.4 cm³/mol. The lowest BCUT2D eigenvalue weighted by Crippen LogP contribution is -2.39. The SMILES string of the molecule is CCCN(CC)CC(C)(O)c1ccccc1. The van der Waals surface area contributed by atoms with E-state index in [1.54, 1.807) is 0 Å². The Bertz CT molecular complexity index is 295. The second-order valence-electron chi connectivity index (χ2n) is 4.51. The van der Waals surface area contributed by atoms with Gasteiger partial charge < -0.3 is 10.0 Å². The fraction of sp³-hybridized carbons (Fsp3) is 0.571. The van der Waals surface area contributed by atoms with Gasteiger partial charge in [-0.1, -0.05) is 44.2 Å². The van der Waals surface area contributed by atoms with Gasteiger partial charge in [-0.25, -0.2) is 0 Å². The fourth-order valence-electron chi connectivity index (χ4n) is 1.99. The van der Waals surface area contributed by atoms with Crippen molar-refractivity contribution in [2.75, 3.05) is 19.6 Å². The quantitative estimate of drug-likeness (QED) is 0.798. The summed E-state index contributed by atoms with van der Waals surface area (Å²) >= 11 is 0. The molecule has 1 rings (SSSR count). The van der Waals surface area contributed by atoms with E-state index >= 15 is 0 Å². The third-order valence-corrected chi connectivity index (χ3v) is 2.91. The second kappa shape index (κ2) is 6.02. The molecular formula is C14H23NO. The van der Waals surface area contributed by atoms with Crippen molar-refractivity contribution < 1.29 is 5.11 Å². The average Bonchev–Trinajstić information content (AvgIpc) is 2.29. The molecule has 0 saturated carbocycles. The molecule has 1 unspecified atom stereocenters. The first-order valence-corrected chi connectivity index (χ1v) is 6.10. The maximum absolute atomic E-state index is 10.5. The Morgan fingerprint density at radius 3 is 2.31 bits per heavy atom. The monoisotopic (exact) mass is 221 g/mol. The Morgan fingerprint density at radius 1 is 1.19 bits per heavy atom. The maximum atomic E-state index is 10.5. The maximum Gasteiger partial charge on any atom is 0.0994 e. The minimum atomic E-state index is -0.757. The van der Waals surface area contributed by atoms with E-state index in [1.807, 2.05) is 37.3 Å². The average molecular weight is 221 g/mol. The summed E-state index contributed by atoms with van der Waals surface area (Å²) < 4.78 is 0. The van der Waals surface area contributed by atoms with Crippen LogP contribution in [0.15, 0.2) is 30.3 Å². The van der Waals surface area contributed by atoms with Gasteiger partial charge in [0.2, 0.25) is 0 Å². The van der Waals surface area contributed by atoms with Crippen LogP contribution in [0.2, 0.25) is 0 Å². The first kappa shape index (κ1) is 13.2. The largest absolute Gasteiger partial charge is 0.384 e. The van der Waals surface area contributed by atoms with E-state index in [2.05, 4.69) is 18.7 Å². The molecule has 1 aromatic rings. The lowest BCUT2D eigenvalue weighted by molar-refractivity contribution is 0.0173. The number of hydrogen-bond acceptors (Lipinski definition) is 2. The molecule has 0 aliphatic rings.